The van der Waals surface area contributed by atoms with Gasteiger partial charge in [0.15, 0.2) is 6.29 Å². The molecule has 0 amide bonds. The van der Waals surface area contributed by atoms with Crippen molar-refractivity contribution in [2.45, 2.75) is 38.3 Å². The largest absolute Gasteiger partial charge is 0.394 e. The lowest BCUT2D eigenvalue weighted by Gasteiger charge is -2.20. The molecule has 2 unspecified atom stereocenters. The molecule has 0 heterocycles. The molecule has 0 radical (unpaired) electrons. The van der Waals surface area contributed by atoms with Gasteiger partial charge >= 0.3 is 0 Å². The lowest BCUT2D eigenvalue weighted by Crippen LogP contribution is -2.29. The van der Waals surface area contributed by atoms with Crippen molar-refractivity contribution < 1.29 is 29.9 Å². The van der Waals surface area contributed by atoms with E-state index in [1.165, 1.54) is 0 Å². The van der Waals surface area contributed by atoms with Crippen LogP contribution in [0, 0.1) is 0 Å². The van der Waals surface area contributed by atoms with Gasteiger partial charge < -0.3 is 29.9 Å². The summed E-state index contributed by atoms with van der Waals surface area (Å²) in [5.41, 5.74) is 0. The number of hydrogen-bond donors (Lipinski definition) is 4. The quantitative estimate of drug-likeness (QED) is 0.359. The predicted molar refractivity (Wildman–Crippen MR) is 56.8 cm³/mol. The van der Waals surface area contributed by atoms with Crippen molar-refractivity contribution in [3.8, 4) is 0 Å². The van der Waals surface area contributed by atoms with E-state index in [2.05, 4.69) is 0 Å². The molecule has 0 aliphatic carbocycles. The van der Waals surface area contributed by atoms with Crippen molar-refractivity contribution in [1.82, 2.24) is 0 Å². The lowest BCUT2D eigenvalue weighted by molar-refractivity contribution is -0.177. The molecule has 0 rings (SSSR count). The summed E-state index contributed by atoms with van der Waals surface area (Å²) in [6.45, 7) is 1.19. The Labute approximate surface area is 95.4 Å². The van der Waals surface area contributed by atoms with Crippen molar-refractivity contribution in [1.29, 1.82) is 0 Å². The van der Waals surface area contributed by atoms with Gasteiger partial charge in [0.05, 0.1) is 26.4 Å². The summed E-state index contributed by atoms with van der Waals surface area (Å²) < 4.78 is 10.4. The summed E-state index contributed by atoms with van der Waals surface area (Å²) >= 11 is 0. The van der Waals surface area contributed by atoms with Crippen LogP contribution in [0.25, 0.3) is 0 Å². The Balaban J connectivity index is 3.78. The third kappa shape index (κ3) is 7.98. The number of hydrogen-bond acceptors (Lipinski definition) is 6. The van der Waals surface area contributed by atoms with Gasteiger partial charge in [-0.25, -0.2) is 0 Å². The first-order valence-electron chi connectivity index (χ1n) is 5.45. The van der Waals surface area contributed by atoms with E-state index in [1.54, 1.807) is 0 Å². The van der Waals surface area contributed by atoms with Crippen LogP contribution in [-0.4, -0.2) is 65.4 Å². The van der Waals surface area contributed by atoms with Gasteiger partial charge in [0.25, 0.3) is 0 Å². The van der Waals surface area contributed by atoms with E-state index in [9.17, 15) is 0 Å². The molecule has 0 aliphatic heterocycles. The van der Waals surface area contributed by atoms with E-state index in [1.807, 2.05) is 6.92 Å². The van der Waals surface area contributed by atoms with Crippen LogP contribution in [0.1, 0.15) is 19.8 Å². The van der Waals surface area contributed by atoms with Gasteiger partial charge in [-0.15, -0.1) is 0 Å². The Kier molecular flexibility index (Phi) is 9.80. The van der Waals surface area contributed by atoms with Gasteiger partial charge in [-0.2, -0.15) is 0 Å². The van der Waals surface area contributed by atoms with Gasteiger partial charge in [-0.3, -0.25) is 0 Å². The first kappa shape index (κ1) is 15.8. The first-order chi connectivity index (χ1) is 7.63. The van der Waals surface area contributed by atoms with Gasteiger partial charge in [-0.05, 0) is 6.42 Å². The monoisotopic (exact) mass is 238 g/mol. The normalized spacial score (nSPS) is 17.1. The minimum absolute atomic E-state index is 0.0175. The van der Waals surface area contributed by atoms with Crippen LogP contribution in [0.4, 0.5) is 0 Å². The SMILES string of the molecule is CCCC(OCC(O)CO)OCC(O)CO. The second-order valence-corrected chi connectivity index (χ2v) is 3.56. The van der Waals surface area contributed by atoms with Crippen LogP contribution in [0.2, 0.25) is 0 Å². The maximum atomic E-state index is 9.08. The molecule has 0 aliphatic rings. The number of aliphatic hydroxyl groups is 4. The van der Waals surface area contributed by atoms with E-state index in [4.69, 9.17) is 29.9 Å². The molecule has 6 nitrogen and oxygen atoms in total. The van der Waals surface area contributed by atoms with E-state index in [-0.39, 0.29) is 26.4 Å². The topological polar surface area (TPSA) is 99.4 Å². The fourth-order valence-electron chi connectivity index (χ4n) is 0.993. The van der Waals surface area contributed by atoms with Crippen LogP contribution in [-0.2, 0) is 9.47 Å². The van der Waals surface area contributed by atoms with Crippen LogP contribution >= 0.6 is 0 Å². The maximum Gasteiger partial charge on any atom is 0.157 e. The average molecular weight is 238 g/mol. The number of ether oxygens (including phenoxy) is 2. The molecule has 0 aromatic carbocycles. The average Bonchev–Trinajstić information content (AvgIpc) is 2.31. The van der Waals surface area contributed by atoms with Gasteiger partial charge in [0.1, 0.15) is 12.2 Å². The fraction of sp³-hybridized carbons (Fsp3) is 1.00. The fourth-order valence-corrected chi connectivity index (χ4v) is 0.993. The van der Waals surface area contributed by atoms with Crippen molar-refractivity contribution in [2.24, 2.45) is 0 Å². The molecule has 6 heteroatoms. The highest BCUT2D eigenvalue weighted by Gasteiger charge is 2.13. The Morgan fingerprint density at radius 3 is 1.69 bits per heavy atom. The smallest absolute Gasteiger partial charge is 0.157 e. The van der Waals surface area contributed by atoms with E-state index < -0.39 is 18.5 Å². The van der Waals surface area contributed by atoms with Crippen molar-refractivity contribution in [3.63, 3.8) is 0 Å². The van der Waals surface area contributed by atoms with Crippen LogP contribution in [0.3, 0.4) is 0 Å². The van der Waals surface area contributed by atoms with Crippen molar-refractivity contribution in [2.75, 3.05) is 26.4 Å². The minimum Gasteiger partial charge on any atom is -0.394 e. The maximum absolute atomic E-state index is 9.08. The molecule has 0 aromatic heterocycles. The Bertz CT molecular complexity index is 140. The van der Waals surface area contributed by atoms with E-state index >= 15 is 0 Å². The second kappa shape index (κ2) is 9.95. The summed E-state index contributed by atoms with van der Waals surface area (Å²) in [6.07, 6.45) is -0.936. The number of rotatable bonds is 10. The van der Waals surface area contributed by atoms with Gasteiger partial charge in [0, 0.05) is 0 Å². The molecule has 2 atom stereocenters. The third-order valence-corrected chi connectivity index (χ3v) is 1.89. The third-order valence-electron chi connectivity index (χ3n) is 1.89. The molecule has 0 bridgehead atoms. The van der Waals surface area contributed by atoms with Crippen LogP contribution in [0.5, 0.6) is 0 Å². The minimum atomic E-state index is -0.925. The lowest BCUT2D eigenvalue weighted by atomic mass is 10.3. The molecule has 0 saturated heterocycles. The molecule has 4 N–H and O–H groups in total. The highest BCUT2D eigenvalue weighted by molar-refractivity contribution is 4.54. The summed E-state index contributed by atoms with van der Waals surface area (Å²) in [6, 6.07) is 0. The summed E-state index contributed by atoms with van der Waals surface area (Å²) in [4.78, 5) is 0. The summed E-state index contributed by atoms with van der Waals surface area (Å²) in [5, 5.41) is 35.3. The summed E-state index contributed by atoms with van der Waals surface area (Å²) in [7, 11) is 0. The molecular weight excluding hydrogens is 216 g/mol. The second-order valence-electron chi connectivity index (χ2n) is 3.56. The molecular formula is C10H22O6. The van der Waals surface area contributed by atoms with Crippen molar-refractivity contribution >= 4 is 0 Å². The van der Waals surface area contributed by atoms with Crippen LogP contribution < -0.4 is 0 Å². The van der Waals surface area contributed by atoms with Crippen molar-refractivity contribution in [3.05, 3.63) is 0 Å². The van der Waals surface area contributed by atoms with Gasteiger partial charge in [0.2, 0.25) is 0 Å². The standard InChI is InChI=1S/C10H22O6/c1-2-3-10(15-6-8(13)4-11)16-7-9(14)5-12/h8-14H,2-7H2,1H3. The Morgan fingerprint density at radius 2 is 1.38 bits per heavy atom. The highest BCUT2D eigenvalue weighted by Crippen LogP contribution is 2.05. The van der Waals surface area contributed by atoms with E-state index in [0.717, 1.165) is 6.42 Å². The zero-order chi connectivity index (χ0) is 12.4. The number of aliphatic hydroxyl groups excluding tert-OH is 4. The predicted octanol–water partition coefficient (Wildman–Crippen LogP) is -1.15. The molecule has 0 saturated carbocycles. The zero-order valence-electron chi connectivity index (χ0n) is 9.58. The Morgan fingerprint density at radius 1 is 0.938 bits per heavy atom. The molecule has 98 valence electrons. The summed E-state index contributed by atoms with van der Waals surface area (Å²) in [5.74, 6) is 0. The molecule has 0 spiro atoms. The first-order valence-corrected chi connectivity index (χ1v) is 5.45. The molecule has 0 aromatic rings. The van der Waals surface area contributed by atoms with E-state index in [0.29, 0.717) is 6.42 Å². The van der Waals surface area contributed by atoms with Gasteiger partial charge in [-0.1, -0.05) is 13.3 Å². The van der Waals surface area contributed by atoms with Crippen LogP contribution in [0.15, 0.2) is 0 Å². The molecule has 16 heavy (non-hydrogen) atoms. The zero-order valence-corrected chi connectivity index (χ0v) is 9.58. The molecule has 0 fully saturated rings. The highest BCUT2D eigenvalue weighted by atomic mass is 16.7. The Hall–Kier alpha value is -0.240.